The summed E-state index contributed by atoms with van der Waals surface area (Å²) in [6.45, 7) is 12.1. The highest BCUT2D eigenvalue weighted by Gasteiger charge is 2.55. The summed E-state index contributed by atoms with van der Waals surface area (Å²) in [6, 6.07) is 5.02. The molecule has 188 valence electrons. The molecule has 12 heteroatoms. The summed E-state index contributed by atoms with van der Waals surface area (Å²) in [5.41, 5.74) is 0.579. The van der Waals surface area contributed by atoms with Crippen LogP contribution in [0.1, 0.15) is 25.5 Å². The smallest absolute Gasteiger partial charge is 0.196 e. The molecule has 2 fully saturated rings. The lowest BCUT2D eigenvalue weighted by Crippen LogP contribution is -2.44. The fourth-order valence-corrected chi connectivity index (χ4v) is 6.77. The van der Waals surface area contributed by atoms with Crippen molar-refractivity contribution in [3.63, 3.8) is 0 Å². The lowest BCUT2D eigenvalue weighted by Gasteiger charge is -2.34. The van der Waals surface area contributed by atoms with Gasteiger partial charge in [-0.2, -0.15) is 5.10 Å². The molecule has 34 heavy (non-hydrogen) atoms. The predicted molar refractivity (Wildman–Crippen MR) is 136 cm³/mol. The highest BCUT2D eigenvalue weighted by molar-refractivity contribution is 7.99. The molecular formula is C22H35N5O4S2Si. The molecule has 1 aliphatic heterocycles. The van der Waals surface area contributed by atoms with Crippen molar-refractivity contribution >= 4 is 35.5 Å². The van der Waals surface area contributed by atoms with E-state index < -0.39 is 22.7 Å². The van der Waals surface area contributed by atoms with Crippen LogP contribution in [-0.4, -0.2) is 74.9 Å². The van der Waals surface area contributed by atoms with E-state index in [-0.39, 0.29) is 6.04 Å². The minimum absolute atomic E-state index is 0.148. The minimum Gasteiger partial charge on any atom is -0.377 e. The van der Waals surface area contributed by atoms with Gasteiger partial charge in [0.2, 0.25) is 0 Å². The first-order chi connectivity index (χ1) is 16.0. The van der Waals surface area contributed by atoms with Crippen molar-refractivity contribution in [1.29, 1.82) is 0 Å². The Morgan fingerprint density at radius 3 is 2.71 bits per heavy atom. The minimum atomic E-state index is -3.29. The molecule has 4 rings (SSSR count). The number of morpholine rings is 1. The molecule has 3 heterocycles. The summed E-state index contributed by atoms with van der Waals surface area (Å²) in [5, 5.41) is 5.84. The highest BCUT2D eigenvalue weighted by atomic mass is 32.2. The second-order valence-electron chi connectivity index (χ2n) is 10.4. The SMILES string of the molecule is C[C@@H]1COCCN1c1cc(C2(S(C)(=O)=O)CC2)nc(Sc2ccn(COCC[Si](C)(C)C)n2)n1. The molecule has 2 aliphatic rings. The number of hydrogen-bond acceptors (Lipinski definition) is 9. The number of rotatable bonds is 10. The van der Waals surface area contributed by atoms with E-state index >= 15 is 0 Å². The maximum atomic E-state index is 12.6. The van der Waals surface area contributed by atoms with E-state index in [0.717, 1.165) is 23.5 Å². The normalized spacial score (nSPS) is 20.5. The first-order valence-electron chi connectivity index (χ1n) is 11.7. The van der Waals surface area contributed by atoms with Crippen molar-refractivity contribution in [2.24, 2.45) is 0 Å². The molecule has 1 aliphatic carbocycles. The van der Waals surface area contributed by atoms with Crippen molar-refractivity contribution < 1.29 is 17.9 Å². The summed E-state index contributed by atoms with van der Waals surface area (Å²) in [7, 11) is -4.42. The van der Waals surface area contributed by atoms with Crippen LogP contribution in [0.15, 0.2) is 28.5 Å². The van der Waals surface area contributed by atoms with Crippen molar-refractivity contribution in [3.05, 3.63) is 24.0 Å². The quantitative estimate of drug-likeness (QED) is 0.262. The van der Waals surface area contributed by atoms with Crippen molar-refractivity contribution in [2.45, 2.75) is 73.2 Å². The van der Waals surface area contributed by atoms with Crippen LogP contribution in [0.2, 0.25) is 25.7 Å². The predicted octanol–water partition coefficient (Wildman–Crippen LogP) is 3.40. The van der Waals surface area contributed by atoms with Gasteiger partial charge in [-0.3, -0.25) is 0 Å². The first-order valence-corrected chi connectivity index (χ1v) is 18.1. The number of nitrogens with zero attached hydrogens (tertiary/aromatic N) is 5. The highest BCUT2D eigenvalue weighted by Crippen LogP contribution is 2.52. The molecule has 0 bridgehead atoms. The Kier molecular flexibility index (Phi) is 7.44. The van der Waals surface area contributed by atoms with E-state index in [1.54, 1.807) is 4.68 Å². The molecule has 9 nitrogen and oxygen atoms in total. The van der Waals surface area contributed by atoms with Crippen LogP contribution >= 0.6 is 11.8 Å². The van der Waals surface area contributed by atoms with E-state index in [2.05, 4.69) is 36.6 Å². The van der Waals surface area contributed by atoms with Crippen LogP contribution in [0, 0.1) is 0 Å². The zero-order valence-electron chi connectivity index (χ0n) is 20.7. The Morgan fingerprint density at radius 1 is 1.29 bits per heavy atom. The average molecular weight is 526 g/mol. The van der Waals surface area contributed by atoms with Gasteiger partial charge in [0.05, 0.1) is 24.9 Å². The fraction of sp³-hybridized carbons (Fsp3) is 0.682. The summed E-state index contributed by atoms with van der Waals surface area (Å²) in [4.78, 5) is 11.7. The molecule has 0 aromatic carbocycles. The zero-order chi connectivity index (χ0) is 24.6. The molecule has 1 saturated heterocycles. The fourth-order valence-electron chi connectivity index (χ4n) is 3.94. The summed E-state index contributed by atoms with van der Waals surface area (Å²) >= 11 is 1.34. The molecule has 0 N–H and O–H groups in total. The van der Waals surface area contributed by atoms with Gasteiger partial charge in [0.15, 0.2) is 15.0 Å². The van der Waals surface area contributed by atoms with Crippen LogP contribution < -0.4 is 4.90 Å². The van der Waals surface area contributed by atoms with E-state index in [4.69, 9.17) is 19.4 Å². The third-order valence-corrected chi connectivity index (χ3v) is 10.8. The largest absolute Gasteiger partial charge is 0.377 e. The summed E-state index contributed by atoms with van der Waals surface area (Å²) < 4.78 is 37.4. The van der Waals surface area contributed by atoms with Gasteiger partial charge in [-0.1, -0.05) is 19.6 Å². The van der Waals surface area contributed by atoms with Crippen LogP contribution in [0.5, 0.6) is 0 Å². The molecular weight excluding hydrogens is 490 g/mol. The zero-order valence-corrected chi connectivity index (χ0v) is 23.3. The van der Waals surface area contributed by atoms with Gasteiger partial charge < -0.3 is 14.4 Å². The van der Waals surface area contributed by atoms with Crippen LogP contribution in [0.3, 0.4) is 0 Å². The maximum absolute atomic E-state index is 12.6. The first kappa shape index (κ1) is 25.6. The van der Waals surface area contributed by atoms with E-state index in [1.807, 2.05) is 18.3 Å². The van der Waals surface area contributed by atoms with Crippen molar-refractivity contribution in [1.82, 2.24) is 19.7 Å². The number of aromatic nitrogens is 4. The standard InChI is InChI=1S/C22H35N5O4S2Si/c1-17-15-30-11-10-27(17)19-14-18(22(7-8-22)33(2,28)29)23-21(24-19)32-20-6-9-26(25-20)16-31-12-13-34(3,4)5/h6,9,14,17H,7-8,10-13,15-16H2,1-5H3/t17-/m1/s1. The maximum Gasteiger partial charge on any atom is 0.196 e. The van der Waals surface area contributed by atoms with E-state index in [1.165, 1.54) is 18.0 Å². The molecule has 1 atom stereocenters. The summed E-state index contributed by atoms with van der Waals surface area (Å²) in [5.74, 6) is 0.743. The number of anilines is 1. The Labute approximate surface area is 207 Å². The van der Waals surface area contributed by atoms with Gasteiger partial charge >= 0.3 is 0 Å². The van der Waals surface area contributed by atoms with Crippen LogP contribution in [0.4, 0.5) is 5.82 Å². The van der Waals surface area contributed by atoms with Gasteiger partial charge in [-0.05, 0) is 43.6 Å². The van der Waals surface area contributed by atoms with Gasteiger partial charge in [0, 0.05) is 39.7 Å². The Bertz CT molecular complexity index is 1110. The summed E-state index contributed by atoms with van der Waals surface area (Å²) in [6.07, 6.45) is 4.36. The third kappa shape index (κ3) is 6.01. The Hall–Kier alpha value is -1.47. The number of hydrogen-bond donors (Lipinski definition) is 0. The molecule has 0 unspecified atom stereocenters. The van der Waals surface area contributed by atoms with Crippen LogP contribution in [-0.2, 0) is 30.8 Å². The monoisotopic (exact) mass is 525 g/mol. The van der Waals surface area contributed by atoms with E-state index in [0.29, 0.717) is 50.2 Å². The van der Waals surface area contributed by atoms with Gasteiger partial charge in [-0.15, -0.1) is 0 Å². The van der Waals surface area contributed by atoms with E-state index in [9.17, 15) is 8.42 Å². The van der Waals surface area contributed by atoms with Crippen molar-refractivity contribution in [2.75, 3.05) is 37.5 Å². The average Bonchev–Trinajstić information content (AvgIpc) is 3.47. The molecule has 0 amide bonds. The molecule has 1 saturated carbocycles. The molecule has 2 aromatic rings. The van der Waals surface area contributed by atoms with Gasteiger partial charge in [0.25, 0.3) is 0 Å². The topological polar surface area (TPSA) is 99.4 Å². The van der Waals surface area contributed by atoms with Gasteiger partial charge in [0.1, 0.15) is 22.3 Å². The van der Waals surface area contributed by atoms with Crippen LogP contribution in [0.25, 0.3) is 0 Å². The number of sulfone groups is 1. The molecule has 2 aromatic heterocycles. The third-order valence-electron chi connectivity index (χ3n) is 6.27. The Morgan fingerprint density at radius 2 is 2.06 bits per heavy atom. The molecule has 0 radical (unpaired) electrons. The Balaban J connectivity index is 1.54. The van der Waals surface area contributed by atoms with Crippen molar-refractivity contribution in [3.8, 4) is 0 Å². The lowest BCUT2D eigenvalue weighted by atomic mass is 10.2. The molecule has 0 spiro atoms. The lowest BCUT2D eigenvalue weighted by molar-refractivity contribution is 0.0778. The number of ether oxygens (including phenoxy) is 2. The van der Waals surface area contributed by atoms with Gasteiger partial charge in [-0.25, -0.2) is 23.1 Å². The second kappa shape index (κ2) is 9.88. The second-order valence-corrected chi connectivity index (χ2v) is 19.4.